The summed E-state index contributed by atoms with van der Waals surface area (Å²) < 4.78 is 0. The molecule has 86 valence electrons. The summed E-state index contributed by atoms with van der Waals surface area (Å²) in [5, 5.41) is 0. The summed E-state index contributed by atoms with van der Waals surface area (Å²) >= 11 is 0. The van der Waals surface area contributed by atoms with Crippen LogP contribution in [0.2, 0.25) is 0 Å². The van der Waals surface area contributed by atoms with Crippen molar-refractivity contribution < 1.29 is 4.79 Å². The molecule has 16 heavy (non-hydrogen) atoms. The SMILES string of the molecule is NCCC(=O)N1CCc2ccccc2CC1. The number of nitrogens with two attached hydrogens (primary N) is 1. The van der Waals surface area contributed by atoms with Crippen molar-refractivity contribution in [2.75, 3.05) is 19.6 Å². The van der Waals surface area contributed by atoms with Crippen molar-refractivity contribution in [2.24, 2.45) is 5.73 Å². The molecule has 0 aliphatic carbocycles. The molecular formula is C13H18N2O. The molecule has 0 spiro atoms. The van der Waals surface area contributed by atoms with Crippen LogP contribution in [0.4, 0.5) is 0 Å². The molecule has 0 aromatic heterocycles. The van der Waals surface area contributed by atoms with Crippen LogP contribution in [-0.2, 0) is 17.6 Å². The molecule has 0 saturated carbocycles. The molecule has 2 rings (SSSR count). The number of amides is 1. The number of hydrogen-bond acceptors (Lipinski definition) is 2. The second-order valence-corrected chi connectivity index (χ2v) is 4.19. The predicted molar refractivity (Wildman–Crippen MR) is 64.1 cm³/mol. The van der Waals surface area contributed by atoms with Gasteiger partial charge in [-0.15, -0.1) is 0 Å². The number of nitrogens with zero attached hydrogens (tertiary/aromatic N) is 1. The van der Waals surface area contributed by atoms with Crippen LogP contribution in [-0.4, -0.2) is 30.4 Å². The fourth-order valence-corrected chi connectivity index (χ4v) is 2.20. The molecule has 1 amide bonds. The summed E-state index contributed by atoms with van der Waals surface area (Å²) in [4.78, 5) is 13.7. The van der Waals surface area contributed by atoms with E-state index in [2.05, 4.69) is 24.3 Å². The minimum absolute atomic E-state index is 0.190. The molecule has 3 nitrogen and oxygen atoms in total. The maximum absolute atomic E-state index is 11.7. The van der Waals surface area contributed by atoms with Crippen molar-refractivity contribution in [2.45, 2.75) is 19.3 Å². The van der Waals surface area contributed by atoms with Gasteiger partial charge < -0.3 is 10.6 Å². The van der Waals surface area contributed by atoms with Gasteiger partial charge in [-0.3, -0.25) is 4.79 Å². The van der Waals surface area contributed by atoms with Crippen molar-refractivity contribution in [3.63, 3.8) is 0 Å². The second kappa shape index (κ2) is 5.12. The maximum atomic E-state index is 11.7. The van der Waals surface area contributed by atoms with Gasteiger partial charge in [0, 0.05) is 26.1 Å². The first-order valence-corrected chi connectivity index (χ1v) is 5.86. The summed E-state index contributed by atoms with van der Waals surface area (Å²) in [6, 6.07) is 8.45. The molecule has 1 aliphatic heterocycles. The first kappa shape index (κ1) is 11.1. The van der Waals surface area contributed by atoms with Crippen molar-refractivity contribution >= 4 is 5.91 Å². The van der Waals surface area contributed by atoms with E-state index in [9.17, 15) is 4.79 Å². The Kier molecular flexibility index (Phi) is 3.57. The van der Waals surface area contributed by atoms with Crippen LogP contribution in [0.25, 0.3) is 0 Å². The minimum atomic E-state index is 0.190. The van der Waals surface area contributed by atoms with E-state index in [4.69, 9.17) is 5.73 Å². The lowest BCUT2D eigenvalue weighted by molar-refractivity contribution is -0.130. The lowest BCUT2D eigenvalue weighted by Crippen LogP contribution is -2.34. The van der Waals surface area contributed by atoms with Crippen LogP contribution in [0, 0.1) is 0 Å². The van der Waals surface area contributed by atoms with Gasteiger partial charge in [-0.25, -0.2) is 0 Å². The van der Waals surface area contributed by atoms with Gasteiger partial charge in [-0.1, -0.05) is 24.3 Å². The van der Waals surface area contributed by atoms with E-state index in [1.54, 1.807) is 0 Å². The van der Waals surface area contributed by atoms with Crippen LogP contribution in [0.1, 0.15) is 17.5 Å². The average Bonchev–Trinajstić information content (AvgIpc) is 2.51. The van der Waals surface area contributed by atoms with E-state index in [1.165, 1.54) is 11.1 Å². The molecule has 0 radical (unpaired) electrons. The Labute approximate surface area is 96.2 Å². The summed E-state index contributed by atoms with van der Waals surface area (Å²) in [7, 11) is 0. The number of carbonyl (C=O) groups excluding carboxylic acids is 1. The summed E-state index contributed by atoms with van der Waals surface area (Å²) in [6.07, 6.45) is 2.40. The lowest BCUT2D eigenvalue weighted by Gasteiger charge is -2.19. The van der Waals surface area contributed by atoms with Crippen molar-refractivity contribution in [1.29, 1.82) is 0 Å². The Morgan fingerprint density at radius 1 is 1.19 bits per heavy atom. The Morgan fingerprint density at radius 2 is 1.75 bits per heavy atom. The molecule has 0 atom stereocenters. The van der Waals surface area contributed by atoms with E-state index < -0.39 is 0 Å². The van der Waals surface area contributed by atoms with Gasteiger partial charge in [-0.05, 0) is 24.0 Å². The van der Waals surface area contributed by atoms with Crippen LogP contribution in [0.3, 0.4) is 0 Å². The summed E-state index contributed by atoms with van der Waals surface area (Å²) in [5.41, 5.74) is 8.17. The van der Waals surface area contributed by atoms with Gasteiger partial charge in [0.2, 0.25) is 5.91 Å². The maximum Gasteiger partial charge on any atom is 0.223 e. The average molecular weight is 218 g/mol. The van der Waals surface area contributed by atoms with E-state index in [-0.39, 0.29) is 5.91 Å². The van der Waals surface area contributed by atoms with Crippen molar-refractivity contribution in [1.82, 2.24) is 4.90 Å². The quantitative estimate of drug-likeness (QED) is 0.803. The zero-order chi connectivity index (χ0) is 11.4. The van der Waals surface area contributed by atoms with Gasteiger partial charge >= 0.3 is 0 Å². The minimum Gasteiger partial charge on any atom is -0.342 e. The number of rotatable bonds is 2. The Bertz CT molecular complexity index is 349. The second-order valence-electron chi connectivity index (χ2n) is 4.19. The molecule has 0 fully saturated rings. The number of carbonyl (C=O) groups is 1. The highest BCUT2D eigenvalue weighted by Crippen LogP contribution is 2.15. The Balaban J connectivity index is 2.04. The van der Waals surface area contributed by atoms with Gasteiger partial charge in [0.15, 0.2) is 0 Å². The monoisotopic (exact) mass is 218 g/mol. The normalized spacial score (nSPS) is 15.4. The molecule has 1 aromatic carbocycles. The number of fused-ring (bicyclic) bond motifs is 1. The van der Waals surface area contributed by atoms with Crippen LogP contribution in [0.5, 0.6) is 0 Å². The van der Waals surface area contributed by atoms with Gasteiger partial charge in [0.1, 0.15) is 0 Å². The van der Waals surface area contributed by atoms with Gasteiger partial charge in [0.05, 0.1) is 0 Å². The molecular weight excluding hydrogens is 200 g/mol. The summed E-state index contributed by atoms with van der Waals surface area (Å²) in [5.74, 6) is 0.190. The smallest absolute Gasteiger partial charge is 0.223 e. The largest absolute Gasteiger partial charge is 0.342 e. The fourth-order valence-electron chi connectivity index (χ4n) is 2.20. The predicted octanol–water partition coefficient (Wildman–Crippen LogP) is 0.963. The molecule has 2 N–H and O–H groups in total. The third-order valence-corrected chi connectivity index (χ3v) is 3.13. The molecule has 3 heteroatoms. The summed E-state index contributed by atoms with van der Waals surface area (Å²) in [6.45, 7) is 2.11. The molecule has 0 unspecified atom stereocenters. The van der Waals surface area contributed by atoms with Gasteiger partial charge in [0.25, 0.3) is 0 Å². The third kappa shape index (κ3) is 2.42. The number of hydrogen-bond donors (Lipinski definition) is 1. The Hall–Kier alpha value is -1.35. The van der Waals surface area contributed by atoms with Crippen LogP contribution in [0.15, 0.2) is 24.3 Å². The van der Waals surface area contributed by atoms with E-state index >= 15 is 0 Å². The van der Waals surface area contributed by atoms with Crippen LogP contribution >= 0.6 is 0 Å². The van der Waals surface area contributed by atoms with Crippen molar-refractivity contribution in [3.05, 3.63) is 35.4 Å². The first-order valence-electron chi connectivity index (χ1n) is 5.86. The molecule has 1 heterocycles. The van der Waals surface area contributed by atoms with Crippen LogP contribution < -0.4 is 5.73 Å². The topological polar surface area (TPSA) is 46.3 Å². The standard InChI is InChI=1S/C13H18N2O/c14-8-5-13(16)15-9-6-11-3-1-2-4-12(11)7-10-15/h1-4H,5-10,14H2. The molecule has 1 aliphatic rings. The zero-order valence-electron chi connectivity index (χ0n) is 9.48. The van der Waals surface area contributed by atoms with Crippen molar-refractivity contribution in [3.8, 4) is 0 Å². The third-order valence-electron chi connectivity index (χ3n) is 3.13. The lowest BCUT2D eigenvalue weighted by atomic mass is 10.0. The van der Waals surface area contributed by atoms with E-state index in [1.807, 2.05) is 4.90 Å². The first-order chi connectivity index (χ1) is 7.81. The molecule has 1 aromatic rings. The Morgan fingerprint density at radius 3 is 2.25 bits per heavy atom. The highest BCUT2D eigenvalue weighted by molar-refractivity contribution is 5.76. The van der Waals surface area contributed by atoms with Gasteiger partial charge in [-0.2, -0.15) is 0 Å². The highest BCUT2D eigenvalue weighted by Gasteiger charge is 2.17. The molecule has 0 saturated heterocycles. The molecule has 0 bridgehead atoms. The fraction of sp³-hybridized carbons (Fsp3) is 0.462. The highest BCUT2D eigenvalue weighted by atomic mass is 16.2. The van der Waals surface area contributed by atoms with E-state index in [0.717, 1.165) is 25.9 Å². The van der Waals surface area contributed by atoms with E-state index in [0.29, 0.717) is 13.0 Å². The number of benzene rings is 1. The zero-order valence-corrected chi connectivity index (χ0v) is 9.48.